The van der Waals surface area contributed by atoms with Crippen LogP contribution in [0.5, 0.6) is 5.88 Å². The fourth-order valence-corrected chi connectivity index (χ4v) is 4.25. The Hall–Kier alpha value is -3.81. The number of aromatic nitrogens is 3. The van der Waals surface area contributed by atoms with E-state index in [0.29, 0.717) is 23.0 Å². The Balaban J connectivity index is 1.63. The van der Waals surface area contributed by atoms with Gasteiger partial charge < -0.3 is 15.4 Å². The van der Waals surface area contributed by atoms with Crippen molar-refractivity contribution >= 4 is 22.8 Å². The zero-order valence-corrected chi connectivity index (χ0v) is 19.0. The quantitative estimate of drug-likeness (QED) is 0.368. The van der Waals surface area contributed by atoms with E-state index in [1.54, 1.807) is 28.9 Å². The van der Waals surface area contributed by atoms with Crippen LogP contribution in [0, 0.1) is 22.3 Å². The minimum Gasteiger partial charge on any atom is -0.479 e. The second-order valence-electron chi connectivity index (χ2n) is 8.67. The van der Waals surface area contributed by atoms with Gasteiger partial charge in [-0.05, 0) is 56.4 Å². The molecule has 1 saturated carbocycles. The van der Waals surface area contributed by atoms with E-state index in [1.807, 2.05) is 13.0 Å². The zero-order chi connectivity index (χ0) is 24.3. The number of methoxy groups -OCH3 is 1. The van der Waals surface area contributed by atoms with Crippen LogP contribution in [0.25, 0.3) is 16.6 Å². The van der Waals surface area contributed by atoms with Gasteiger partial charge in [0.25, 0.3) is 6.43 Å². The number of nitriles is 1. The molecule has 178 valence electrons. The molecule has 11 heteroatoms. The maximum Gasteiger partial charge on any atom is 0.255 e. The molecule has 3 aromatic rings. The topological polar surface area (TPSA) is 123 Å². The lowest BCUT2D eigenvalue weighted by Gasteiger charge is -2.32. The van der Waals surface area contributed by atoms with Crippen LogP contribution in [0.3, 0.4) is 0 Å². The summed E-state index contributed by atoms with van der Waals surface area (Å²) in [4.78, 5) is 4.55. The van der Waals surface area contributed by atoms with E-state index in [4.69, 9.17) is 10.3 Å². The Kier molecular flexibility index (Phi) is 6.58. The van der Waals surface area contributed by atoms with Crippen molar-refractivity contribution in [3.8, 4) is 23.1 Å². The summed E-state index contributed by atoms with van der Waals surface area (Å²) in [6, 6.07) is 9.45. The van der Waals surface area contributed by atoms with E-state index in [0.717, 1.165) is 36.8 Å². The SMILES string of the molecule is COc1nc(NC2CCC(C)(C#N)CC2)nn2ccc(-c3ccc(N=N)c(NCC(F)F)c3)c12. The molecule has 0 aliphatic heterocycles. The number of rotatable bonds is 8. The van der Waals surface area contributed by atoms with Gasteiger partial charge in [0.1, 0.15) is 11.2 Å². The Morgan fingerprint density at radius 2 is 2.12 bits per heavy atom. The van der Waals surface area contributed by atoms with Gasteiger partial charge in [0.05, 0.1) is 30.8 Å². The first-order chi connectivity index (χ1) is 16.4. The summed E-state index contributed by atoms with van der Waals surface area (Å²) >= 11 is 0. The molecule has 0 amide bonds. The van der Waals surface area contributed by atoms with E-state index in [-0.39, 0.29) is 17.1 Å². The molecular weight excluding hydrogens is 442 g/mol. The predicted molar refractivity (Wildman–Crippen MR) is 124 cm³/mol. The number of alkyl halides is 2. The van der Waals surface area contributed by atoms with Gasteiger partial charge in [0.15, 0.2) is 0 Å². The number of hydrogen-bond donors (Lipinski definition) is 3. The maximum atomic E-state index is 12.7. The Morgan fingerprint density at radius 1 is 1.35 bits per heavy atom. The van der Waals surface area contributed by atoms with Crippen molar-refractivity contribution in [2.24, 2.45) is 10.5 Å². The smallest absolute Gasteiger partial charge is 0.255 e. The summed E-state index contributed by atoms with van der Waals surface area (Å²) in [6.45, 7) is 1.45. The van der Waals surface area contributed by atoms with Crippen LogP contribution in [0.15, 0.2) is 35.6 Å². The van der Waals surface area contributed by atoms with Crippen molar-refractivity contribution in [2.75, 3.05) is 24.3 Å². The van der Waals surface area contributed by atoms with Gasteiger partial charge in [0.2, 0.25) is 11.8 Å². The lowest BCUT2D eigenvalue weighted by molar-refractivity contribution is 0.163. The van der Waals surface area contributed by atoms with Crippen LogP contribution in [-0.2, 0) is 0 Å². The molecule has 34 heavy (non-hydrogen) atoms. The van der Waals surface area contributed by atoms with Crippen LogP contribution in [0.4, 0.5) is 26.1 Å². The number of nitrogens with one attached hydrogen (secondary N) is 3. The first kappa shape index (κ1) is 23.4. The highest BCUT2D eigenvalue weighted by molar-refractivity contribution is 5.87. The summed E-state index contributed by atoms with van der Waals surface area (Å²) in [6.07, 6.45) is 2.59. The number of benzene rings is 1. The van der Waals surface area contributed by atoms with E-state index >= 15 is 0 Å². The highest BCUT2D eigenvalue weighted by Crippen LogP contribution is 2.38. The van der Waals surface area contributed by atoms with Gasteiger partial charge in [-0.2, -0.15) is 15.4 Å². The molecule has 3 N–H and O–H groups in total. The molecule has 0 spiro atoms. The number of hydrogen-bond acceptors (Lipinski definition) is 8. The number of anilines is 2. The van der Waals surface area contributed by atoms with Crippen molar-refractivity contribution in [3.63, 3.8) is 0 Å². The highest BCUT2D eigenvalue weighted by Gasteiger charge is 2.31. The molecule has 2 heterocycles. The van der Waals surface area contributed by atoms with Crippen molar-refractivity contribution in [1.29, 1.82) is 10.8 Å². The molecule has 0 unspecified atom stereocenters. The molecule has 2 aromatic heterocycles. The minimum absolute atomic E-state index is 0.170. The predicted octanol–water partition coefficient (Wildman–Crippen LogP) is 5.63. The van der Waals surface area contributed by atoms with Gasteiger partial charge >= 0.3 is 0 Å². The van der Waals surface area contributed by atoms with Gasteiger partial charge in [-0.15, -0.1) is 5.10 Å². The average molecular weight is 469 g/mol. The average Bonchev–Trinajstić information content (AvgIpc) is 3.27. The third-order valence-corrected chi connectivity index (χ3v) is 6.24. The second kappa shape index (κ2) is 9.59. The van der Waals surface area contributed by atoms with E-state index in [9.17, 15) is 14.0 Å². The van der Waals surface area contributed by atoms with Crippen molar-refractivity contribution in [2.45, 2.75) is 45.1 Å². The van der Waals surface area contributed by atoms with E-state index in [2.05, 4.69) is 31.9 Å². The Morgan fingerprint density at radius 3 is 2.76 bits per heavy atom. The van der Waals surface area contributed by atoms with Crippen molar-refractivity contribution < 1.29 is 13.5 Å². The fourth-order valence-electron chi connectivity index (χ4n) is 4.25. The zero-order valence-electron chi connectivity index (χ0n) is 19.0. The van der Waals surface area contributed by atoms with Gasteiger partial charge in [-0.1, -0.05) is 6.07 Å². The molecule has 1 aromatic carbocycles. The third kappa shape index (κ3) is 4.76. The molecule has 0 saturated heterocycles. The van der Waals surface area contributed by atoms with Crippen LogP contribution in [0.1, 0.15) is 32.6 Å². The van der Waals surface area contributed by atoms with Gasteiger partial charge in [-0.25, -0.2) is 18.8 Å². The molecule has 1 aliphatic rings. The van der Waals surface area contributed by atoms with Crippen molar-refractivity contribution in [3.05, 3.63) is 30.5 Å². The molecule has 0 bridgehead atoms. The summed E-state index contributed by atoms with van der Waals surface area (Å²) in [7, 11) is 1.53. The monoisotopic (exact) mass is 468 g/mol. The standard InChI is InChI=1S/C23H26F2N8O/c1-23(13-26)8-5-15(6-9-23)29-22-30-21(34-2)20-16(7-10-33(20)32-22)14-3-4-17(31-27)18(11-14)28-12-19(24)25/h3-4,7,10-11,15,19,27-28H,5-6,8-9,12H2,1-2H3,(H,29,32). The van der Waals surface area contributed by atoms with Gasteiger partial charge in [0, 0.05) is 17.8 Å². The summed E-state index contributed by atoms with van der Waals surface area (Å²) in [5.41, 5.74) is 9.73. The molecule has 1 aliphatic carbocycles. The second-order valence-corrected chi connectivity index (χ2v) is 8.67. The van der Waals surface area contributed by atoms with Crippen LogP contribution >= 0.6 is 0 Å². The van der Waals surface area contributed by atoms with Crippen molar-refractivity contribution in [1.82, 2.24) is 14.6 Å². The fraction of sp³-hybridized carbons (Fsp3) is 0.435. The number of fused-ring (bicyclic) bond motifs is 1. The number of nitrogens with zero attached hydrogens (tertiary/aromatic N) is 5. The molecule has 9 nitrogen and oxygen atoms in total. The summed E-state index contributed by atoms with van der Waals surface area (Å²) in [5, 5.41) is 23.3. The molecule has 0 atom stereocenters. The Labute approximate surface area is 195 Å². The first-order valence-electron chi connectivity index (χ1n) is 11.0. The molecule has 0 radical (unpaired) electrons. The van der Waals surface area contributed by atoms with Crippen LogP contribution in [-0.4, -0.2) is 40.7 Å². The van der Waals surface area contributed by atoms with Crippen LogP contribution < -0.4 is 15.4 Å². The number of halogens is 2. The maximum absolute atomic E-state index is 12.7. The molecular formula is C23H26F2N8O. The van der Waals surface area contributed by atoms with E-state index in [1.165, 1.54) is 7.11 Å². The summed E-state index contributed by atoms with van der Waals surface area (Å²) in [5.74, 6) is 0.797. The third-order valence-electron chi connectivity index (χ3n) is 6.24. The number of ether oxygens (including phenoxy) is 1. The first-order valence-corrected chi connectivity index (χ1v) is 11.0. The van der Waals surface area contributed by atoms with Crippen LogP contribution in [0.2, 0.25) is 0 Å². The molecule has 4 rings (SSSR count). The molecule has 1 fully saturated rings. The van der Waals surface area contributed by atoms with Gasteiger partial charge in [-0.3, -0.25) is 0 Å². The minimum atomic E-state index is -2.53. The Bertz CT molecular complexity index is 1230. The normalized spacial score (nSPS) is 20.2. The summed E-state index contributed by atoms with van der Waals surface area (Å²) < 4.78 is 32.6. The largest absolute Gasteiger partial charge is 0.479 e. The lowest BCUT2D eigenvalue weighted by Crippen LogP contribution is -2.31. The highest BCUT2D eigenvalue weighted by atomic mass is 19.3. The van der Waals surface area contributed by atoms with E-state index < -0.39 is 13.0 Å². The lowest BCUT2D eigenvalue weighted by atomic mass is 9.75.